The fourth-order valence-corrected chi connectivity index (χ4v) is 2.92. The molecule has 1 aromatic carbocycles. The van der Waals surface area contributed by atoms with Crippen molar-refractivity contribution in [1.82, 2.24) is 4.98 Å². The molecule has 2 aromatic rings. The zero-order chi connectivity index (χ0) is 17.5. The van der Waals surface area contributed by atoms with Gasteiger partial charge in [0, 0.05) is 12.1 Å². The van der Waals surface area contributed by atoms with E-state index in [0.717, 1.165) is 18.4 Å². The molecule has 4 N–H and O–H groups in total. The summed E-state index contributed by atoms with van der Waals surface area (Å²) < 4.78 is 13.2. The van der Waals surface area contributed by atoms with Crippen molar-refractivity contribution in [3.8, 4) is 11.3 Å². The van der Waals surface area contributed by atoms with Crippen LogP contribution in [0.2, 0.25) is 0 Å². The molecule has 0 unspecified atom stereocenters. The Bertz CT molecular complexity index is 736. The molecule has 0 amide bonds. The largest absolute Gasteiger partial charge is 0.386 e. The highest BCUT2D eigenvalue weighted by Crippen LogP contribution is 2.45. The molecule has 5 heteroatoms. The number of rotatable bonds is 5. The van der Waals surface area contributed by atoms with Gasteiger partial charge in [-0.25, -0.2) is 9.37 Å². The standard InChI is InChI=1S/C19H23FN2O2/c1-18(2,23)14-9-16(12-3-7-15(20)8-4-12)22-17(10-14)19(24,11-21)13-5-6-13/h3-4,7-10,13,23-24H,5-6,11,21H2,1-2H3/t19-/m0/s1. The topological polar surface area (TPSA) is 79.4 Å². The van der Waals surface area contributed by atoms with Gasteiger partial charge in [0.05, 0.1) is 17.0 Å². The van der Waals surface area contributed by atoms with Gasteiger partial charge in [-0.3, -0.25) is 0 Å². The van der Waals surface area contributed by atoms with E-state index in [4.69, 9.17) is 5.73 Å². The molecule has 3 rings (SSSR count). The van der Waals surface area contributed by atoms with Gasteiger partial charge in [0.15, 0.2) is 0 Å². The van der Waals surface area contributed by atoms with E-state index in [0.29, 0.717) is 17.0 Å². The van der Waals surface area contributed by atoms with Gasteiger partial charge in [-0.1, -0.05) is 0 Å². The lowest BCUT2D eigenvalue weighted by Gasteiger charge is -2.28. The Kier molecular flexibility index (Phi) is 4.20. The van der Waals surface area contributed by atoms with Gasteiger partial charge in [0.1, 0.15) is 11.4 Å². The van der Waals surface area contributed by atoms with Crippen molar-refractivity contribution in [3.63, 3.8) is 0 Å². The minimum absolute atomic E-state index is 0.0723. The molecule has 0 radical (unpaired) electrons. The molecule has 0 bridgehead atoms. The van der Waals surface area contributed by atoms with Gasteiger partial charge in [0.2, 0.25) is 0 Å². The van der Waals surface area contributed by atoms with Crippen LogP contribution in [0.15, 0.2) is 36.4 Å². The summed E-state index contributed by atoms with van der Waals surface area (Å²) in [5.74, 6) is -0.234. The van der Waals surface area contributed by atoms with Crippen LogP contribution in [0, 0.1) is 11.7 Å². The third kappa shape index (κ3) is 3.20. The number of hydrogen-bond acceptors (Lipinski definition) is 4. The molecule has 1 aliphatic carbocycles. The van der Waals surface area contributed by atoms with Gasteiger partial charge in [-0.15, -0.1) is 0 Å². The quantitative estimate of drug-likeness (QED) is 0.787. The Balaban J connectivity index is 2.15. The minimum Gasteiger partial charge on any atom is -0.386 e. The van der Waals surface area contributed by atoms with Crippen molar-refractivity contribution in [2.45, 2.75) is 37.9 Å². The summed E-state index contributed by atoms with van der Waals surface area (Å²) in [4.78, 5) is 4.59. The number of halogens is 1. The Labute approximate surface area is 141 Å². The Morgan fingerprint density at radius 3 is 2.29 bits per heavy atom. The highest BCUT2D eigenvalue weighted by atomic mass is 19.1. The number of aromatic nitrogens is 1. The van der Waals surface area contributed by atoms with Crippen LogP contribution in [0.25, 0.3) is 11.3 Å². The summed E-state index contributed by atoms with van der Waals surface area (Å²) in [5.41, 5.74) is 5.96. The molecule has 0 saturated heterocycles. The van der Waals surface area contributed by atoms with Gasteiger partial charge < -0.3 is 15.9 Å². The van der Waals surface area contributed by atoms with E-state index in [1.165, 1.54) is 12.1 Å². The van der Waals surface area contributed by atoms with Crippen LogP contribution >= 0.6 is 0 Å². The summed E-state index contributed by atoms with van der Waals surface area (Å²) in [6.07, 6.45) is 1.82. The molecule has 1 heterocycles. The molecular formula is C19H23FN2O2. The Morgan fingerprint density at radius 1 is 1.17 bits per heavy atom. The number of nitrogens with zero attached hydrogens (tertiary/aromatic N) is 1. The molecule has 1 aromatic heterocycles. The second-order valence-electron chi connectivity index (χ2n) is 7.09. The van der Waals surface area contributed by atoms with E-state index in [9.17, 15) is 14.6 Å². The molecule has 0 aliphatic heterocycles. The van der Waals surface area contributed by atoms with Crippen molar-refractivity contribution < 1.29 is 14.6 Å². The summed E-state index contributed by atoms with van der Waals surface area (Å²) in [6.45, 7) is 3.43. The molecular weight excluding hydrogens is 307 g/mol. The third-order valence-corrected chi connectivity index (χ3v) is 4.68. The SMILES string of the molecule is CC(C)(O)c1cc(-c2ccc(F)cc2)nc([C@](O)(CN)C2CC2)c1. The van der Waals surface area contributed by atoms with Crippen LogP contribution in [-0.4, -0.2) is 21.7 Å². The second kappa shape index (κ2) is 5.92. The maximum Gasteiger partial charge on any atom is 0.123 e. The van der Waals surface area contributed by atoms with Crippen molar-refractivity contribution in [2.75, 3.05) is 6.54 Å². The molecule has 0 spiro atoms. The predicted octanol–water partition coefficient (Wildman–Crippen LogP) is 2.67. The summed E-state index contributed by atoms with van der Waals surface area (Å²) >= 11 is 0. The lowest BCUT2D eigenvalue weighted by molar-refractivity contribution is 0.0172. The fraction of sp³-hybridized carbons (Fsp3) is 0.421. The van der Waals surface area contributed by atoms with E-state index in [2.05, 4.69) is 4.98 Å². The van der Waals surface area contributed by atoms with Gasteiger partial charge in [-0.2, -0.15) is 0 Å². The zero-order valence-electron chi connectivity index (χ0n) is 14.0. The van der Waals surface area contributed by atoms with Gasteiger partial charge in [-0.05, 0) is 74.6 Å². The minimum atomic E-state index is -1.20. The average Bonchev–Trinajstić information content (AvgIpc) is 3.39. The highest BCUT2D eigenvalue weighted by Gasteiger charge is 2.45. The molecule has 4 nitrogen and oxygen atoms in total. The smallest absolute Gasteiger partial charge is 0.123 e. The van der Waals surface area contributed by atoms with Crippen LogP contribution < -0.4 is 5.73 Å². The molecule has 1 saturated carbocycles. The molecule has 24 heavy (non-hydrogen) atoms. The van der Waals surface area contributed by atoms with Crippen LogP contribution in [0.3, 0.4) is 0 Å². The van der Waals surface area contributed by atoms with Crippen LogP contribution in [0.4, 0.5) is 4.39 Å². The van der Waals surface area contributed by atoms with E-state index < -0.39 is 11.2 Å². The Morgan fingerprint density at radius 2 is 1.79 bits per heavy atom. The van der Waals surface area contributed by atoms with Gasteiger partial charge >= 0.3 is 0 Å². The zero-order valence-corrected chi connectivity index (χ0v) is 14.0. The van der Waals surface area contributed by atoms with Crippen molar-refractivity contribution in [3.05, 3.63) is 53.5 Å². The van der Waals surface area contributed by atoms with E-state index >= 15 is 0 Å². The highest BCUT2D eigenvalue weighted by molar-refractivity contribution is 5.60. The predicted molar refractivity (Wildman–Crippen MR) is 90.6 cm³/mol. The van der Waals surface area contributed by atoms with E-state index in [1.807, 2.05) is 0 Å². The van der Waals surface area contributed by atoms with Crippen molar-refractivity contribution in [1.29, 1.82) is 0 Å². The number of aliphatic hydroxyl groups is 2. The van der Waals surface area contributed by atoms with Crippen LogP contribution in [0.5, 0.6) is 0 Å². The number of benzene rings is 1. The average molecular weight is 330 g/mol. The molecule has 128 valence electrons. The van der Waals surface area contributed by atoms with E-state index in [1.54, 1.807) is 38.1 Å². The lowest BCUT2D eigenvalue weighted by Crippen LogP contribution is -2.38. The fourth-order valence-electron chi connectivity index (χ4n) is 2.92. The monoisotopic (exact) mass is 330 g/mol. The van der Waals surface area contributed by atoms with Crippen molar-refractivity contribution in [2.24, 2.45) is 11.7 Å². The second-order valence-corrected chi connectivity index (χ2v) is 7.09. The normalized spacial score (nSPS) is 17.6. The number of pyridine rings is 1. The number of hydrogen-bond donors (Lipinski definition) is 3. The van der Waals surface area contributed by atoms with Crippen LogP contribution in [-0.2, 0) is 11.2 Å². The summed E-state index contributed by atoms with van der Waals surface area (Å²) in [5, 5.41) is 21.4. The molecule has 1 aliphatic rings. The maximum atomic E-state index is 13.2. The van der Waals surface area contributed by atoms with Crippen LogP contribution in [0.1, 0.15) is 37.9 Å². The first-order valence-electron chi connectivity index (χ1n) is 8.18. The molecule has 1 atom stereocenters. The third-order valence-electron chi connectivity index (χ3n) is 4.68. The van der Waals surface area contributed by atoms with E-state index in [-0.39, 0.29) is 18.3 Å². The first-order chi connectivity index (χ1) is 11.2. The Hall–Kier alpha value is -1.82. The summed E-state index contributed by atoms with van der Waals surface area (Å²) in [7, 11) is 0. The molecule has 1 fully saturated rings. The maximum absolute atomic E-state index is 13.2. The van der Waals surface area contributed by atoms with Gasteiger partial charge in [0.25, 0.3) is 0 Å². The summed E-state index contributed by atoms with van der Waals surface area (Å²) in [6, 6.07) is 9.48. The first kappa shape index (κ1) is 17.0. The number of nitrogens with two attached hydrogens (primary N) is 1. The van der Waals surface area contributed by atoms with Crippen molar-refractivity contribution >= 4 is 0 Å². The first-order valence-corrected chi connectivity index (χ1v) is 8.18. The lowest BCUT2D eigenvalue weighted by atomic mass is 9.88.